The van der Waals surface area contributed by atoms with E-state index in [0.717, 1.165) is 5.56 Å². The van der Waals surface area contributed by atoms with Crippen molar-refractivity contribution in [1.82, 2.24) is 0 Å². The summed E-state index contributed by atoms with van der Waals surface area (Å²) in [6, 6.07) is 3.97. The molecule has 2 atom stereocenters. The zero-order valence-electron chi connectivity index (χ0n) is 13.1. The van der Waals surface area contributed by atoms with Gasteiger partial charge in [-0.3, -0.25) is 4.79 Å². The van der Waals surface area contributed by atoms with Gasteiger partial charge in [0.25, 0.3) is 0 Å². The summed E-state index contributed by atoms with van der Waals surface area (Å²) in [5.41, 5.74) is -3.99. The highest BCUT2D eigenvalue weighted by atomic mass is 32.2. The van der Waals surface area contributed by atoms with Crippen molar-refractivity contribution < 1.29 is 35.3 Å². The van der Waals surface area contributed by atoms with Crippen molar-refractivity contribution >= 4 is 16.1 Å². The summed E-state index contributed by atoms with van der Waals surface area (Å²) < 4.78 is 68.2. The van der Waals surface area contributed by atoms with E-state index in [4.69, 9.17) is 4.74 Å². The number of carbonyl (C=O) groups excluding carboxylic acids is 1. The third kappa shape index (κ3) is 3.50. The Bertz CT molecular complexity index is 727. The van der Waals surface area contributed by atoms with Gasteiger partial charge in [-0.05, 0) is 48.4 Å². The van der Waals surface area contributed by atoms with E-state index in [1.807, 2.05) is 6.92 Å². The summed E-state index contributed by atoms with van der Waals surface area (Å²) in [5, 5.41) is 0. The average Bonchev–Trinajstić information content (AvgIpc) is 2.89. The normalized spacial score (nSPS) is 18.8. The summed E-state index contributed by atoms with van der Waals surface area (Å²) in [6.45, 7) is 1.85. The van der Waals surface area contributed by atoms with Crippen LogP contribution < -0.4 is 4.18 Å². The molecule has 1 aromatic carbocycles. The Kier molecular flexibility index (Phi) is 5.12. The number of aryl methyl sites for hydroxylation is 1. The molecule has 5 nitrogen and oxygen atoms in total. The first kappa shape index (κ1) is 18.6. The molecule has 0 saturated heterocycles. The summed E-state index contributed by atoms with van der Waals surface area (Å²) in [7, 11) is -4.39. The van der Waals surface area contributed by atoms with Crippen LogP contribution in [0.25, 0.3) is 0 Å². The van der Waals surface area contributed by atoms with Gasteiger partial charge in [-0.2, -0.15) is 21.6 Å². The summed E-state index contributed by atoms with van der Waals surface area (Å²) in [5.74, 6) is -1.18. The van der Waals surface area contributed by atoms with Crippen molar-refractivity contribution in [1.29, 1.82) is 0 Å². The van der Waals surface area contributed by atoms with Crippen LogP contribution in [0.3, 0.4) is 0 Å². The lowest BCUT2D eigenvalue weighted by molar-refractivity contribution is -0.146. The number of methoxy groups -OCH3 is 1. The standard InChI is InChI=1S/C15H17F3O5S/c1-3-11(14(19)22-2)13-6-4-9-8-10(5-7-12(9)13)23-24(20,21)15(16,17)18/h5,7-8,11,13H,3-4,6H2,1-2H3. The molecule has 1 aromatic rings. The highest BCUT2D eigenvalue weighted by Gasteiger charge is 2.48. The van der Waals surface area contributed by atoms with Crippen LogP contribution in [0, 0.1) is 5.92 Å². The molecule has 0 saturated carbocycles. The van der Waals surface area contributed by atoms with Crippen LogP contribution in [-0.2, 0) is 26.1 Å². The molecule has 0 amide bonds. The lowest BCUT2D eigenvalue weighted by Crippen LogP contribution is -2.28. The number of hydrogen-bond donors (Lipinski definition) is 0. The lowest BCUT2D eigenvalue weighted by atomic mass is 9.85. The molecule has 0 spiro atoms. The van der Waals surface area contributed by atoms with Gasteiger partial charge in [0.15, 0.2) is 0 Å². The van der Waals surface area contributed by atoms with Gasteiger partial charge in [-0.15, -0.1) is 0 Å². The van der Waals surface area contributed by atoms with Crippen LogP contribution >= 0.6 is 0 Å². The van der Waals surface area contributed by atoms with E-state index in [-0.39, 0.29) is 17.8 Å². The van der Waals surface area contributed by atoms with Crippen molar-refractivity contribution in [2.24, 2.45) is 5.92 Å². The van der Waals surface area contributed by atoms with Crippen molar-refractivity contribution in [3.05, 3.63) is 29.3 Å². The number of benzene rings is 1. The first-order valence-corrected chi connectivity index (χ1v) is 8.73. The number of carbonyl (C=O) groups is 1. The monoisotopic (exact) mass is 366 g/mol. The molecule has 134 valence electrons. The summed E-state index contributed by atoms with van der Waals surface area (Å²) >= 11 is 0. The van der Waals surface area contributed by atoms with Gasteiger partial charge in [0.05, 0.1) is 13.0 Å². The Hall–Kier alpha value is -1.77. The van der Waals surface area contributed by atoms with Gasteiger partial charge >= 0.3 is 21.6 Å². The van der Waals surface area contributed by atoms with E-state index in [0.29, 0.717) is 24.8 Å². The van der Waals surface area contributed by atoms with Crippen molar-refractivity contribution in [2.45, 2.75) is 37.6 Å². The van der Waals surface area contributed by atoms with Gasteiger partial charge < -0.3 is 8.92 Å². The molecule has 0 radical (unpaired) electrons. The van der Waals surface area contributed by atoms with Crippen LogP contribution in [-0.4, -0.2) is 27.0 Å². The highest BCUT2D eigenvalue weighted by Crippen LogP contribution is 2.42. The van der Waals surface area contributed by atoms with E-state index in [9.17, 15) is 26.4 Å². The Morgan fingerprint density at radius 2 is 2.04 bits per heavy atom. The van der Waals surface area contributed by atoms with Gasteiger partial charge in [-0.1, -0.05) is 13.0 Å². The molecule has 2 rings (SSSR count). The molecule has 0 heterocycles. The molecule has 2 unspecified atom stereocenters. The summed E-state index contributed by atoms with van der Waals surface area (Å²) in [6.07, 6.45) is 1.73. The van der Waals surface area contributed by atoms with Crippen molar-refractivity contribution in [3.8, 4) is 5.75 Å². The molecular formula is C15H17F3O5S. The van der Waals surface area contributed by atoms with E-state index in [1.165, 1.54) is 25.3 Å². The molecule has 0 bridgehead atoms. The quantitative estimate of drug-likeness (QED) is 0.455. The predicted molar refractivity (Wildman–Crippen MR) is 78.9 cm³/mol. The van der Waals surface area contributed by atoms with Crippen molar-refractivity contribution in [2.75, 3.05) is 7.11 Å². The third-order valence-corrected chi connectivity index (χ3v) is 5.14. The zero-order valence-corrected chi connectivity index (χ0v) is 13.9. The Morgan fingerprint density at radius 3 is 2.58 bits per heavy atom. The molecule has 0 fully saturated rings. The predicted octanol–water partition coefficient (Wildman–Crippen LogP) is 3.14. The Labute approximate surface area is 137 Å². The second-order valence-corrected chi connectivity index (χ2v) is 7.06. The maximum Gasteiger partial charge on any atom is 0.534 e. The molecule has 0 N–H and O–H groups in total. The maximum atomic E-state index is 12.4. The van der Waals surface area contributed by atoms with Crippen LogP contribution in [0.5, 0.6) is 5.75 Å². The third-order valence-electron chi connectivity index (χ3n) is 4.16. The minimum absolute atomic E-state index is 0.106. The fraction of sp³-hybridized carbons (Fsp3) is 0.533. The molecule has 24 heavy (non-hydrogen) atoms. The topological polar surface area (TPSA) is 69.7 Å². The minimum atomic E-state index is -5.69. The van der Waals surface area contributed by atoms with Gasteiger partial charge in [0.1, 0.15) is 5.75 Å². The largest absolute Gasteiger partial charge is 0.534 e. The number of ether oxygens (including phenoxy) is 1. The van der Waals surface area contributed by atoms with Crippen LogP contribution in [0.4, 0.5) is 13.2 Å². The van der Waals surface area contributed by atoms with Gasteiger partial charge in [-0.25, -0.2) is 0 Å². The molecule has 9 heteroatoms. The minimum Gasteiger partial charge on any atom is -0.469 e. The molecule has 0 aromatic heterocycles. The second-order valence-electron chi connectivity index (χ2n) is 5.53. The van der Waals surface area contributed by atoms with Crippen molar-refractivity contribution in [3.63, 3.8) is 0 Å². The second kappa shape index (κ2) is 6.62. The highest BCUT2D eigenvalue weighted by molar-refractivity contribution is 7.88. The smallest absolute Gasteiger partial charge is 0.469 e. The Morgan fingerprint density at radius 1 is 1.38 bits per heavy atom. The first-order chi connectivity index (χ1) is 11.1. The van der Waals surface area contributed by atoms with E-state index in [2.05, 4.69) is 4.18 Å². The maximum absolute atomic E-state index is 12.4. The summed E-state index contributed by atoms with van der Waals surface area (Å²) in [4.78, 5) is 11.9. The molecular weight excluding hydrogens is 349 g/mol. The van der Waals surface area contributed by atoms with Crippen LogP contribution in [0.15, 0.2) is 18.2 Å². The van der Waals surface area contributed by atoms with Crippen LogP contribution in [0.2, 0.25) is 0 Å². The molecule has 1 aliphatic carbocycles. The number of fused-ring (bicyclic) bond motifs is 1. The van der Waals surface area contributed by atoms with Gasteiger partial charge in [0, 0.05) is 0 Å². The fourth-order valence-corrected chi connectivity index (χ4v) is 3.49. The van der Waals surface area contributed by atoms with E-state index >= 15 is 0 Å². The zero-order chi connectivity index (χ0) is 18.1. The first-order valence-electron chi connectivity index (χ1n) is 7.32. The lowest BCUT2D eigenvalue weighted by Gasteiger charge is -2.20. The number of alkyl halides is 3. The van der Waals surface area contributed by atoms with Gasteiger partial charge in [0.2, 0.25) is 0 Å². The van der Waals surface area contributed by atoms with Crippen LogP contribution in [0.1, 0.15) is 36.8 Å². The SMILES string of the molecule is CCC(C(=O)OC)C1CCc2cc(OS(=O)(=O)C(F)(F)F)ccc21. The van der Waals surface area contributed by atoms with E-state index in [1.54, 1.807) is 0 Å². The number of halogens is 3. The molecule has 0 aliphatic heterocycles. The number of hydrogen-bond acceptors (Lipinski definition) is 5. The average molecular weight is 366 g/mol. The number of rotatable bonds is 5. The van der Waals surface area contributed by atoms with E-state index < -0.39 is 21.4 Å². The molecule has 1 aliphatic rings. The Balaban J connectivity index is 2.27. The number of esters is 1. The fourth-order valence-electron chi connectivity index (χ4n) is 3.04.